The Kier molecular flexibility index (Phi) is 5.78. The van der Waals surface area contributed by atoms with Gasteiger partial charge in [0.1, 0.15) is 18.7 Å². The molecule has 3 heterocycles. The third kappa shape index (κ3) is 4.52. The predicted molar refractivity (Wildman–Crippen MR) is 128 cm³/mol. The highest BCUT2D eigenvalue weighted by Gasteiger charge is 2.18. The molecule has 2 aromatic carbocycles. The van der Waals surface area contributed by atoms with Gasteiger partial charge in [0.2, 0.25) is 5.91 Å². The zero-order valence-corrected chi connectivity index (χ0v) is 18.9. The largest absolute Gasteiger partial charge is 0.489 e. The molecule has 1 amide bonds. The second-order valence-electron chi connectivity index (χ2n) is 8.01. The molecular weight excluding hydrogens is 430 g/mol. The molecule has 0 saturated heterocycles. The van der Waals surface area contributed by atoms with Crippen LogP contribution in [0.1, 0.15) is 16.7 Å². The van der Waals surface area contributed by atoms with E-state index in [-0.39, 0.29) is 12.3 Å². The number of hydrogen-bond donors (Lipinski definition) is 1. The molecule has 1 N–H and O–H groups in total. The fraction of sp³-hybridized carbons (Fsp3) is 0.154. The van der Waals surface area contributed by atoms with E-state index in [1.807, 2.05) is 37.4 Å². The van der Waals surface area contributed by atoms with Crippen LogP contribution >= 0.6 is 0 Å². The number of ether oxygens (including phenoxy) is 1. The van der Waals surface area contributed by atoms with Crippen molar-refractivity contribution >= 4 is 22.9 Å². The van der Waals surface area contributed by atoms with Gasteiger partial charge in [-0.15, -0.1) is 0 Å². The van der Waals surface area contributed by atoms with E-state index in [1.54, 1.807) is 16.9 Å². The minimum absolute atomic E-state index is 0.196. The highest BCUT2D eigenvalue weighted by molar-refractivity contribution is 5.98. The summed E-state index contributed by atoms with van der Waals surface area (Å²) in [5.74, 6) is 2.14. The molecule has 0 unspecified atom stereocenters. The van der Waals surface area contributed by atoms with E-state index in [0.717, 1.165) is 16.9 Å². The number of furan rings is 1. The van der Waals surface area contributed by atoms with E-state index in [2.05, 4.69) is 51.5 Å². The predicted octanol–water partition coefficient (Wildman–Crippen LogP) is 4.69. The van der Waals surface area contributed by atoms with Crippen LogP contribution in [-0.2, 0) is 24.9 Å². The van der Waals surface area contributed by atoms with Crippen LogP contribution in [0.4, 0.5) is 5.82 Å². The summed E-state index contributed by atoms with van der Waals surface area (Å²) in [5, 5.41) is 2.86. The van der Waals surface area contributed by atoms with Gasteiger partial charge in [-0.05, 0) is 42.3 Å². The van der Waals surface area contributed by atoms with Gasteiger partial charge in [-0.1, -0.05) is 42.0 Å². The van der Waals surface area contributed by atoms with E-state index >= 15 is 0 Å². The molecule has 8 heteroatoms. The Bertz CT molecular complexity index is 1420. The van der Waals surface area contributed by atoms with E-state index < -0.39 is 0 Å². The van der Waals surface area contributed by atoms with Crippen molar-refractivity contribution in [1.29, 1.82) is 0 Å². The fourth-order valence-corrected chi connectivity index (χ4v) is 3.63. The van der Waals surface area contributed by atoms with Crippen molar-refractivity contribution < 1.29 is 13.9 Å². The molecule has 0 fully saturated rings. The smallest absolute Gasteiger partial charge is 0.230 e. The maximum absolute atomic E-state index is 12.7. The van der Waals surface area contributed by atoms with Gasteiger partial charge in [-0.3, -0.25) is 4.79 Å². The second-order valence-corrected chi connectivity index (χ2v) is 8.01. The Labute approximate surface area is 196 Å². The van der Waals surface area contributed by atoms with Crippen LogP contribution in [0.5, 0.6) is 5.75 Å². The summed E-state index contributed by atoms with van der Waals surface area (Å²) >= 11 is 0. The lowest BCUT2D eigenvalue weighted by Gasteiger charge is -2.08. The maximum Gasteiger partial charge on any atom is 0.230 e. The third-order valence-electron chi connectivity index (χ3n) is 5.47. The van der Waals surface area contributed by atoms with Gasteiger partial charge in [-0.2, -0.15) is 0 Å². The summed E-state index contributed by atoms with van der Waals surface area (Å²) in [7, 11) is 1.84. The molecule has 3 aromatic heterocycles. The summed E-state index contributed by atoms with van der Waals surface area (Å²) in [4.78, 5) is 25.8. The normalized spacial score (nSPS) is 11.0. The SMILES string of the molecule is Cc1ccc(COc2ccc(CC(=O)Nc3ncnc4c3nc(-c3ccco3)n4C)cc2)cc1. The van der Waals surface area contributed by atoms with E-state index in [0.29, 0.717) is 35.2 Å². The van der Waals surface area contributed by atoms with Crippen molar-refractivity contribution in [3.63, 3.8) is 0 Å². The number of aromatic nitrogens is 4. The Hall–Kier alpha value is -4.46. The zero-order valence-electron chi connectivity index (χ0n) is 18.9. The average Bonchev–Trinajstić information content (AvgIpc) is 3.48. The quantitative estimate of drug-likeness (QED) is 0.384. The van der Waals surface area contributed by atoms with Crippen LogP contribution < -0.4 is 10.1 Å². The number of imidazole rings is 1. The molecule has 170 valence electrons. The first-order valence-corrected chi connectivity index (χ1v) is 10.9. The Morgan fingerprint density at radius 3 is 2.53 bits per heavy atom. The van der Waals surface area contributed by atoms with E-state index in [9.17, 15) is 4.79 Å². The van der Waals surface area contributed by atoms with Gasteiger partial charge < -0.3 is 19.0 Å². The molecule has 8 nitrogen and oxygen atoms in total. The van der Waals surface area contributed by atoms with Crippen molar-refractivity contribution in [3.05, 3.63) is 89.9 Å². The third-order valence-corrected chi connectivity index (χ3v) is 5.47. The molecular formula is C26H23N5O3. The molecule has 0 aliphatic carbocycles. The molecule has 5 rings (SSSR count). The molecule has 0 aliphatic heterocycles. The van der Waals surface area contributed by atoms with Gasteiger partial charge in [0.05, 0.1) is 12.7 Å². The molecule has 0 bridgehead atoms. The number of carbonyl (C=O) groups excluding carboxylic acids is 1. The lowest BCUT2D eigenvalue weighted by atomic mass is 10.1. The number of fused-ring (bicyclic) bond motifs is 1. The van der Waals surface area contributed by atoms with Crippen molar-refractivity contribution in [3.8, 4) is 17.3 Å². The maximum atomic E-state index is 12.7. The summed E-state index contributed by atoms with van der Waals surface area (Å²) in [6, 6.07) is 19.4. The number of rotatable bonds is 7. The number of hydrogen-bond acceptors (Lipinski definition) is 6. The molecule has 0 spiro atoms. The van der Waals surface area contributed by atoms with Crippen molar-refractivity contribution in [2.45, 2.75) is 20.0 Å². The zero-order chi connectivity index (χ0) is 23.5. The molecule has 34 heavy (non-hydrogen) atoms. The molecule has 0 saturated carbocycles. The number of anilines is 1. The monoisotopic (exact) mass is 453 g/mol. The Balaban J connectivity index is 1.24. The van der Waals surface area contributed by atoms with Gasteiger partial charge in [0.15, 0.2) is 28.6 Å². The fourth-order valence-electron chi connectivity index (χ4n) is 3.63. The lowest BCUT2D eigenvalue weighted by molar-refractivity contribution is -0.115. The van der Waals surface area contributed by atoms with E-state index in [1.165, 1.54) is 11.9 Å². The Morgan fingerprint density at radius 1 is 1.03 bits per heavy atom. The van der Waals surface area contributed by atoms with Crippen LogP contribution in [0.2, 0.25) is 0 Å². The summed E-state index contributed by atoms with van der Waals surface area (Å²) in [5.41, 5.74) is 4.30. The van der Waals surface area contributed by atoms with Crippen LogP contribution in [0, 0.1) is 6.92 Å². The number of aryl methyl sites for hydroxylation is 2. The molecule has 0 aliphatic rings. The van der Waals surface area contributed by atoms with Crippen LogP contribution in [-0.4, -0.2) is 25.4 Å². The Morgan fingerprint density at radius 2 is 1.79 bits per heavy atom. The highest BCUT2D eigenvalue weighted by atomic mass is 16.5. The topological polar surface area (TPSA) is 95.1 Å². The number of carbonyl (C=O) groups is 1. The summed E-state index contributed by atoms with van der Waals surface area (Å²) in [6.07, 6.45) is 3.19. The van der Waals surface area contributed by atoms with Crippen molar-refractivity contribution in [1.82, 2.24) is 19.5 Å². The van der Waals surface area contributed by atoms with Crippen LogP contribution in [0.25, 0.3) is 22.7 Å². The van der Waals surface area contributed by atoms with E-state index in [4.69, 9.17) is 9.15 Å². The minimum atomic E-state index is -0.196. The van der Waals surface area contributed by atoms with Gasteiger partial charge in [-0.25, -0.2) is 15.0 Å². The van der Waals surface area contributed by atoms with Gasteiger partial charge in [0.25, 0.3) is 0 Å². The van der Waals surface area contributed by atoms with Gasteiger partial charge >= 0.3 is 0 Å². The van der Waals surface area contributed by atoms with Gasteiger partial charge in [0, 0.05) is 7.05 Å². The minimum Gasteiger partial charge on any atom is -0.489 e. The second kappa shape index (κ2) is 9.19. The molecule has 5 aromatic rings. The first-order chi connectivity index (χ1) is 16.6. The molecule has 0 atom stereocenters. The average molecular weight is 454 g/mol. The number of nitrogens with one attached hydrogen (secondary N) is 1. The summed E-state index contributed by atoms with van der Waals surface area (Å²) in [6.45, 7) is 2.55. The lowest BCUT2D eigenvalue weighted by Crippen LogP contribution is -2.15. The van der Waals surface area contributed by atoms with Crippen molar-refractivity contribution in [2.24, 2.45) is 7.05 Å². The van der Waals surface area contributed by atoms with Crippen LogP contribution in [0.3, 0.4) is 0 Å². The highest BCUT2D eigenvalue weighted by Crippen LogP contribution is 2.26. The van der Waals surface area contributed by atoms with Crippen LogP contribution in [0.15, 0.2) is 77.7 Å². The standard InChI is InChI=1S/C26H23N5O3/c1-17-5-7-19(8-6-17)15-34-20-11-9-18(10-12-20)14-22(32)29-24-23-26(28-16-27-24)31(2)25(30-23)21-4-3-13-33-21/h3-13,16H,14-15H2,1-2H3,(H,27,28,29,32). The number of amides is 1. The first-order valence-electron chi connectivity index (χ1n) is 10.9. The summed E-state index contributed by atoms with van der Waals surface area (Å²) < 4.78 is 13.1. The number of nitrogens with zero attached hydrogens (tertiary/aromatic N) is 4. The first kappa shape index (κ1) is 21.4. The van der Waals surface area contributed by atoms with Crippen molar-refractivity contribution in [2.75, 3.05) is 5.32 Å². The number of benzene rings is 2. The molecule has 0 radical (unpaired) electrons.